The third kappa shape index (κ3) is 5.42. The zero-order valence-electron chi connectivity index (χ0n) is 10.2. The zero-order valence-corrected chi connectivity index (χ0v) is 11.9. The van der Waals surface area contributed by atoms with Crippen LogP contribution in [-0.4, -0.2) is 37.0 Å². The summed E-state index contributed by atoms with van der Waals surface area (Å²) in [4.78, 5) is 0. The molecule has 1 aromatic heterocycles. The first-order valence-corrected chi connectivity index (χ1v) is 7.96. The molecule has 6 nitrogen and oxygen atoms in total. The van der Waals surface area contributed by atoms with Crippen LogP contribution in [0.15, 0.2) is 0 Å². The molecule has 0 bridgehead atoms. The molecule has 0 spiro atoms. The predicted molar refractivity (Wildman–Crippen MR) is 69.8 cm³/mol. The van der Waals surface area contributed by atoms with Crippen LogP contribution in [-0.2, 0) is 16.4 Å². The van der Waals surface area contributed by atoms with Gasteiger partial charge in [0.25, 0.3) is 0 Å². The summed E-state index contributed by atoms with van der Waals surface area (Å²) < 4.78 is 25.8. The first-order valence-electron chi connectivity index (χ1n) is 5.49. The summed E-state index contributed by atoms with van der Waals surface area (Å²) in [5, 5.41) is 11.8. The van der Waals surface area contributed by atoms with E-state index in [1.54, 1.807) is 0 Å². The Kier molecular flexibility index (Phi) is 5.29. The van der Waals surface area contributed by atoms with Gasteiger partial charge in [0, 0.05) is 12.6 Å². The summed E-state index contributed by atoms with van der Waals surface area (Å²) in [6, 6.07) is 0.276. The van der Waals surface area contributed by atoms with E-state index in [-0.39, 0.29) is 11.8 Å². The Labute approximate surface area is 106 Å². The van der Waals surface area contributed by atoms with Crippen molar-refractivity contribution in [2.75, 3.05) is 17.0 Å². The summed E-state index contributed by atoms with van der Waals surface area (Å²) in [6.07, 6.45) is 0.758. The molecule has 17 heavy (non-hydrogen) atoms. The summed E-state index contributed by atoms with van der Waals surface area (Å²) in [6.45, 7) is 6.31. The molecule has 0 aliphatic heterocycles. The number of sulfonamides is 1. The molecule has 0 unspecified atom stereocenters. The third-order valence-corrected chi connectivity index (χ3v) is 4.29. The van der Waals surface area contributed by atoms with E-state index in [4.69, 9.17) is 0 Å². The van der Waals surface area contributed by atoms with Crippen LogP contribution in [0.5, 0.6) is 0 Å². The van der Waals surface area contributed by atoms with E-state index >= 15 is 0 Å². The number of hydrogen-bond acceptors (Lipinski definition) is 6. The number of hydrogen-bond donors (Lipinski definition) is 2. The van der Waals surface area contributed by atoms with Crippen LogP contribution in [0, 0.1) is 0 Å². The van der Waals surface area contributed by atoms with E-state index in [1.165, 1.54) is 11.3 Å². The second-order valence-corrected chi connectivity index (χ2v) is 6.79. The highest BCUT2D eigenvalue weighted by Gasteiger charge is 2.13. The Hall–Kier alpha value is -0.730. The van der Waals surface area contributed by atoms with Crippen LogP contribution in [0.3, 0.4) is 0 Å². The molecular weight excluding hydrogens is 260 g/mol. The van der Waals surface area contributed by atoms with E-state index in [0.717, 1.165) is 11.4 Å². The van der Waals surface area contributed by atoms with E-state index < -0.39 is 10.0 Å². The average molecular weight is 278 g/mol. The van der Waals surface area contributed by atoms with Gasteiger partial charge in [0.1, 0.15) is 5.01 Å². The Morgan fingerprint density at radius 3 is 2.59 bits per heavy atom. The Bertz CT molecular complexity index is 442. The van der Waals surface area contributed by atoms with Gasteiger partial charge in [0.2, 0.25) is 15.2 Å². The van der Waals surface area contributed by atoms with Gasteiger partial charge in [0.05, 0.1) is 5.75 Å². The van der Waals surface area contributed by atoms with Crippen molar-refractivity contribution in [2.45, 2.75) is 33.2 Å². The smallest absolute Gasteiger partial charge is 0.235 e. The van der Waals surface area contributed by atoms with Crippen molar-refractivity contribution < 1.29 is 8.42 Å². The molecule has 0 radical (unpaired) electrons. The van der Waals surface area contributed by atoms with Gasteiger partial charge in [0.15, 0.2) is 0 Å². The fourth-order valence-corrected chi connectivity index (χ4v) is 2.98. The van der Waals surface area contributed by atoms with Crippen molar-refractivity contribution >= 4 is 26.5 Å². The molecule has 8 heteroatoms. The van der Waals surface area contributed by atoms with Gasteiger partial charge in [-0.2, -0.15) is 0 Å². The molecular formula is C9H18N4O2S2. The summed E-state index contributed by atoms with van der Waals surface area (Å²) in [7, 11) is -3.33. The molecule has 2 N–H and O–H groups in total. The fourth-order valence-electron chi connectivity index (χ4n) is 1.10. The molecule has 0 aliphatic carbocycles. The van der Waals surface area contributed by atoms with Crippen molar-refractivity contribution in [1.29, 1.82) is 0 Å². The lowest BCUT2D eigenvalue weighted by molar-refractivity contribution is 0.582. The van der Waals surface area contributed by atoms with Crippen LogP contribution >= 0.6 is 11.3 Å². The number of anilines is 1. The minimum atomic E-state index is -3.33. The highest BCUT2D eigenvalue weighted by Crippen LogP contribution is 2.16. The topological polar surface area (TPSA) is 84.0 Å². The number of aryl methyl sites for hydroxylation is 1. The standard InChI is InChI=1S/C9H18N4O2S2/c1-4-8-11-12-9(16-8)13-17(14,15)6-5-10-7(2)3/h7,10H,4-6H2,1-3H3,(H,12,13). The Morgan fingerprint density at radius 2 is 2.06 bits per heavy atom. The minimum absolute atomic E-state index is 0.0339. The largest absolute Gasteiger partial charge is 0.313 e. The van der Waals surface area contributed by atoms with Crippen molar-refractivity contribution in [3.8, 4) is 0 Å². The van der Waals surface area contributed by atoms with Crippen molar-refractivity contribution in [2.24, 2.45) is 0 Å². The highest BCUT2D eigenvalue weighted by atomic mass is 32.2. The second-order valence-electron chi connectivity index (χ2n) is 3.88. The maximum absolute atomic E-state index is 11.7. The van der Waals surface area contributed by atoms with Crippen LogP contribution in [0.4, 0.5) is 5.13 Å². The van der Waals surface area contributed by atoms with Gasteiger partial charge in [-0.25, -0.2) is 8.42 Å². The van der Waals surface area contributed by atoms with Gasteiger partial charge in [-0.05, 0) is 6.42 Å². The lowest BCUT2D eigenvalue weighted by Crippen LogP contribution is -2.30. The molecule has 0 saturated carbocycles. The van der Waals surface area contributed by atoms with Crippen LogP contribution in [0.25, 0.3) is 0 Å². The molecule has 1 heterocycles. The van der Waals surface area contributed by atoms with Gasteiger partial charge in [-0.1, -0.05) is 32.1 Å². The molecule has 0 aliphatic rings. The fraction of sp³-hybridized carbons (Fsp3) is 0.778. The number of rotatable bonds is 7. The van der Waals surface area contributed by atoms with E-state index in [0.29, 0.717) is 11.7 Å². The van der Waals surface area contributed by atoms with E-state index in [1.807, 2.05) is 20.8 Å². The quantitative estimate of drug-likeness (QED) is 0.772. The molecule has 0 atom stereocenters. The lowest BCUT2D eigenvalue weighted by Gasteiger charge is -2.08. The maximum atomic E-state index is 11.7. The first kappa shape index (κ1) is 14.3. The lowest BCUT2D eigenvalue weighted by atomic mass is 10.4. The van der Waals surface area contributed by atoms with Crippen molar-refractivity contribution in [3.63, 3.8) is 0 Å². The number of nitrogens with zero attached hydrogens (tertiary/aromatic N) is 2. The normalized spacial score (nSPS) is 12.0. The highest BCUT2D eigenvalue weighted by molar-refractivity contribution is 7.92. The molecule has 0 fully saturated rings. The SMILES string of the molecule is CCc1nnc(NS(=O)(=O)CCNC(C)C)s1. The van der Waals surface area contributed by atoms with Crippen LogP contribution in [0.1, 0.15) is 25.8 Å². The second kappa shape index (κ2) is 6.27. The number of nitrogens with one attached hydrogen (secondary N) is 2. The maximum Gasteiger partial charge on any atom is 0.235 e. The van der Waals surface area contributed by atoms with E-state index in [2.05, 4.69) is 20.2 Å². The van der Waals surface area contributed by atoms with Gasteiger partial charge in [-0.3, -0.25) is 4.72 Å². The molecule has 98 valence electrons. The van der Waals surface area contributed by atoms with E-state index in [9.17, 15) is 8.42 Å². The summed E-state index contributed by atoms with van der Waals surface area (Å²) >= 11 is 1.27. The summed E-state index contributed by atoms with van der Waals surface area (Å²) in [5.41, 5.74) is 0. The van der Waals surface area contributed by atoms with Gasteiger partial charge >= 0.3 is 0 Å². The average Bonchev–Trinajstić information content (AvgIpc) is 2.63. The third-order valence-electron chi connectivity index (χ3n) is 1.94. The molecule has 1 rings (SSSR count). The molecule has 0 amide bonds. The Balaban J connectivity index is 2.48. The minimum Gasteiger partial charge on any atom is -0.313 e. The zero-order chi connectivity index (χ0) is 12.9. The molecule has 0 aromatic carbocycles. The van der Waals surface area contributed by atoms with Gasteiger partial charge < -0.3 is 5.32 Å². The first-order chi connectivity index (χ1) is 7.93. The van der Waals surface area contributed by atoms with Gasteiger partial charge in [-0.15, -0.1) is 10.2 Å². The Morgan fingerprint density at radius 1 is 1.35 bits per heavy atom. The van der Waals surface area contributed by atoms with Crippen molar-refractivity contribution in [3.05, 3.63) is 5.01 Å². The summed E-state index contributed by atoms with van der Waals surface area (Å²) in [5.74, 6) is 0.0339. The van der Waals surface area contributed by atoms with Crippen LogP contribution in [0.2, 0.25) is 0 Å². The monoisotopic (exact) mass is 278 g/mol. The number of aromatic nitrogens is 2. The van der Waals surface area contributed by atoms with Crippen LogP contribution < -0.4 is 10.0 Å². The predicted octanol–water partition coefficient (Wildman–Crippen LogP) is 0.840. The molecule has 1 aromatic rings. The molecule has 0 saturated heterocycles. The van der Waals surface area contributed by atoms with Crippen molar-refractivity contribution in [1.82, 2.24) is 15.5 Å².